The zero-order chi connectivity index (χ0) is 17.1. The minimum absolute atomic E-state index is 0.0890. The second kappa shape index (κ2) is 6.47. The third-order valence-electron chi connectivity index (χ3n) is 3.37. The van der Waals surface area contributed by atoms with Crippen LogP contribution in [0.1, 0.15) is 26.7 Å². The molecule has 0 fully saturated rings. The lowest BCUT2D eigenvalue weighted by molar-refractivity contribution is -0.384. The number of carbonyl (C=O) groups is 1. The molecule has 0 aliphatic carbocycles. The monoisotopic (exact) mass is 320 g/mol. The van der Waals surface area contributed by atoms with E-state index in [2.05, 4.69) is 0 Å². The maximum Gasteiger partial charge on any atom is 0.308 e. The topological polar surface area (TPSA) is 112 Å². The van der Waals surface area contributed by atoms with Gasteiger partial charge in [-0.1, -0.05) is 13.3 Å². The molecule has 0 radical (unpaired) electrons. The number of aryl methyl sites for hydroxylation is 1. The summed E-state index contributed by atoms with van der Waals surface area (Å²) in [6.07, 6.45) is 1.51. The van der Waals surface area contributed by atoms with E-state index in [0.29, 0.717) is 18.5 Å². The molecule has 0 spiro atoms. The van der Waals surface area contributed by atoms with E-state index >= 15 is 0 Å². The van der Waals surface area contributed by atoms with Gasteiger partial charge in [0.05, 0.1) is 15.8 Å². The Morgan fingerprint density at radius 2 is 2.13 bits per heavy atom. The molecular formula is C15H16N2O6. The Balaban J connectivity index is 2.81. The number of benzene rings is 1. The number of nitrogens with zero attached hydrogens (tertiary/aromatic N) is 2. The minimum atomic E-state index is -0.760. The number of rotatable bonds is 5. The van der Waals surface area contributed by atoms with Gasteiger partial charge in [-0.3, -0.25) is 19.7 Å². The summed E-state index contributed by atoms with van der Waals surface area (Å²) in [7, 11) is 0. The lowest BCUT2D eigenvalue weighted by atomic mass is 10.1. The third-order valence-corrected chi connectivity index (χ3v) is 3.37. The number of ether oxygens (including phenoxy) is 1. The maximum atomic E-state index is 12.5. The number of carbonyl (C=O) groups excluding carboxylic acids is 1. The van der Waals surface area contributed by atoms with Crippen LogP contribution in [-0.2, 0) is 11.3 Å². The number of nitro benzene ring substituents is 1. The number of hydrogen-bond acceptors (Lipinski definition) is 6. The number of esters is 1. The Bertz CT molecular complexity index is 840. The Labute approximate surface area is 131 Å². The second-order valence-corrected chi connectivity index (χ2v) is 5.04. The molecule has 2 aromatic rings. The van der Waals surface area contributed by atoms with Gasteiger partial charge < -0.3 is 14.4 Å². The molecule has 1 aromatic heterocycles. The predicted octanol–water partition coefficient (Wildman–Crippen LogP) is 2.34. The number of unbranched alkanes of at least 4 members (excludes halogenated alkanes) is 1. The van der Waals surface area contributed by atoms with Gasteiger partial charge in [0, 0.05) is 25.6 Å². The molecule has 0 amide bonds. The average Bonchev–Trinajstić information content (AvgIpc) is 2.50. The van der Waals surface area contributed by atoms with E-state index in [1.807, 2.05) is 6.92 Å². The molecule has 23 heavy (non-hydrogen) atoms. The molecule has 2 rings (SSSR count). The van der Waals surface area contributed by atoms with Crippen molar-refractivity contribution in [3.8, 4) is 11.5 Å². The largest absolute Gasteiger partial charge is 0.504 e. The van der Waals surface area contributed by atoms with Crippen molar-refractivity contribution < 1.29 is 19.6 Å². The lowest BCUT2D eigenvalue weighted by Crippen LogP contribution is -2.24. The molecule has 0 saturated carbocycles. The second-order valence-electron chi connectivity index (χ2n) is 5.04. The molecule has 1 N–H and O–H groups in total. The van der Waals surface area contributed by atoms with E-state index in [0.717, 1.165) is 19.4 Å². The van der Waals surface area contributed by atoms with E-state index in [4.69, 9.17) is 4.74 Å². The van der Waals surface area contributed by atoms with Crippen LogP contribution in [0.15, 0.2) is 23.0 Å². The highest BCUT2D eigenvalue weighted by Crippen LogP contribution is 2.33. The van der Waals surface area contributed by atoms with Gasteiger partial charge in [0.1, 0.15) is 0 Å². The van der Waals surface area contributed by atoms with Crippen LogP contribution in [0.4, 0.5) is 5.69 Å². The van der Waals surface area contributed by atoms with Crippen LogP contribution in [0.5, 0.6) is 11.5 Å². The number of non-ortho nitro benzene ring substituents is 1. The van der Waals surface area contributed by atoms with E-state index in [-0.39, 0.29) is 11.1 Å². The first kappa shape index (κ1) is 16.5. The van der Waals surface area contributed by atoms with Crippen LogP contribution >= 0.6 is 0 Å². The van der Waals surface area contributed by atoms with Gasteiger partial charge in [0.15, 0.2) is 5.75 Å². The van der Waals surface area contributed by atoms with Gasteiger partial charge in [-0.2, -0.15) is 0 Å². The van der Waals surface area contributed by atoms with Gasteiger partial charge >= 0.3 is 5.97 Å². The van der Waals surface area contributed by atoms with Crippen LogP contribution in [0.3, 0.4) is 0 Å². The summed E-state index contributed by atoms with van der Waals surface area (Å²) in [5.41, 5.74) is -0.530. The summed E-state index contributed by atoms with van der Waals surface area (Å²) in [6.45, 7) is 3.40. The van der Waals surface area contributed by atoms with Crippen LogP contribution in [0, 0.1) is 10.1 Å². The van der Waals surface area contributed by atoms with Crippen molar-refractivity contribution in [2.75, 3.05) is 0 Å². The number of hydrogen-bond donors (Lipinski definition) is 1. The van der Waals surface area contributed by atoms with Gasteiger partial charge in [-0.25, -0.2) is 0 Å². The molecule has 0 saturated heterocycles. The zero-order valence-electron chi connectivity index (χ0n) is 12.7. The molecule has 0 bridgehead atoms. The predicted molar refractivity (Wildman–Crippen MR) is 82.7 cm³/mol. The number of fused-ring (bicyclic) bond motifs is 1. The molecule has 0 aliphatic heterocycles. The van der Waals surface area contributed by atoms with Gasteiger partial charge in [-0.15, -0.1) is 0 Å². The minimum Gasteiger partial charge on any atom is -0.504 e. The fourth-order valence-corrected chi connectivity index (χ4v) is 2.29. The van der Waals surface area contributed by atoms with Crippen LogP contribution in [0.25, 0.3) is 10.9 Å². The quantitative estimate of drug-likeness (QED) is 0.514. The molecule has 1 heterocycles. The first-order chi connectivity index (χ1) is 10.9. The molecule has 8 nitrogen and oxygen atoms in total. The van der Waals surface area contributed by atoms with Crippen molar-refractivity contribution in [2.45, 2.75) is 33.2 Å². The molecule has 122 valence electrons. The van der Waals surface area contributed by atoms with Crippen molar-refractivity contribution in [1.82, 2.24) is 4.57 Å². The molecule has 0 aliphatic rings. The third kappa shape index (κ3) is 3.15. The van der Waals surface area contributed by atoms with Gasteiger partial charge in [-0.05, 0) is 12.5 Å². The van der Waals surface area contributed by atoms with Crippen LogP contribution in [-0.4, -0.2) is 20.6 Å². The number of pyridine rings is 1. The van der Waals surface area contributed by atoms with Crippen LogP contribution in [0.2, 0.25) is 0 Å². The molecule has 0 atom stereocenters. The average molecular weight is 320 g/mol. The molecule has 0 unspecified atom stereocenters. The summed E-state index contributed by atoms with van der Waals surface area (Å²) in [5.74, 6) is -1.84. The van der Waals surface area contributed by atoms with E-state index < -0.39 is 28.0 Å². The molecule has 1 aromatic carbocycles. The van der Waals surface area contributed by atoms with Gasteiger partial charge in [0.25, 0.3) is 11.2 Å². The Hall–Kier alpha value is -2.90. The van der Waals surface area contributed by atoms with Gasteiger partial charge in [0.2, 0.25) is 5.75 Å². The first-order valence-corrected chi connectivity index (χ1v) is 7.09. The molecular weight excluding hydrogens is 304 g/mol. The Kier molecular flexibility index (Phi) is 4.63. The van der Waals surface area contributed by atoms with Crippen LogP contribution < -0.4 is 10.3 Å². The smallest absolute Gasteiger partial charge is 0.308 e. The number of nitro groups is 1. The summed E-state index contributed by atoms with van der Waals surface area (Å²) in [6, 6.07) is 3.82. The highest BCUT2D eigenvalue weighted by atomic mass is 16.6. The SMILES string of the molecule is CCCCn1c(=O)c(OC(C)=O)c(O)c2cc([N+](=O)[O-])ccc21. The van der Waals surface area contributed by atoms with E-state index in [1.54, 1.807) is 0 Å². The van der Waals surface area contributed by atoms with Crippen molar-refractivity contribution in [3.05, 3.63) is 38.7 Å². The normalized spacial score (nSPS) is 10.7. The maximum absolute atomic E-state index is 12.5. The summed E-state index contributed by atoms with van der Waals surface area (Å²) in [5, 5.41) is 21.2. The fourth-order valence-electron chi connectivity index (χ4n) is 2.29. The van der Waals surface area contributed by atoms with E-state index in [1.165, 1.54) is 16.7 Å². The standard InChI is InChI=1S/C15H16N2O6/c1-3-4-7-16-12-6-5-10(17(21)22)8-11(12)13(19)14(15(16)20)23-9(2)18/h5-6,8,19H,3-4,7H2,1-2H3. The highest BCUT2D eigenvalue weighted by molar-refractivity contribution is 5.90. The van der Waals surface area contributed by atoms with E-state index in [9.17, 15) is 24.8 Å². The number of aromatic hydroxyl groups is 1. The van der Waals surface area contributed by atoms with Crippen molar-refractivity contribution in [1.29, 1.82) is 0 Å². The van der Waals surface area contributed by atoms with Crippen molar-refractivity contribution in [3.63, 3.8) is 0 Å². The summed E-state index contributed by atoms with van der Waals surface area (Å²) in [4.78, 5) is 33.9. The number of aromatic nitrogens is 1. The van der Waals surface area contributed by atoms with Crippen molar-refractivity contribution >= 4 is 22.6 Å². The molecule has 8 heteroatoms. The summed E-state index contributed by atoms with van der Waals surface area (Å²) >= 11 is 0. The lowest BCUT2D eigenvalue weighted by Gasteiger charge is -2.14. The Morgan fingerprint density at radius 3 is 2.70 bits per heavy atom. The Morgan fingerprint density at radius 1 is 1.43 bits per heavy atom. The first-order valence-electron chi connectivity index (χ1n) is 7.09. The van der Waals surface area contributed by atoms with Crippen molar-refractivity contribution in [2.24, 2.45) is 0 Å². The fraction of sp³-hybridized carbons (Fsp3) is 0.333. The summed E-state index contributed by atoms with van der Waals surface area (Å²) < 4.78 is 6.16. The zero-order valence-corrected chi connectivity index (χ0v) is 12.7. The highest BCUT2D eigenvalue weighted by Gasteiger charge is 2.21.